The first-order valence-electron chi connectivity index (χ1n) is 2.90. The highest BCUT2D eigenvalue weighted by Crippen LogP contribution is 2.19. The summed E-state index contributed by atoms with van der Waals surface area (Å²) in [7, 11) is 0. The first-order valence-corrected chi connectivity index (χ1v) is 2.90. The molecule has 1 aromatic rings. The molecule has 0 unspecified atom stereocenters. The molecule has 2 rings (SSSR count). The maximum Gasteiger partial charge on any atom is 0.144 e. The molecule has 0 bridgehead atoms. The van der Waals surface area contributed by atoms with Gasteiger partial charge in [0.2, 0.25) is 0 Å². The zero-order valence-electron chi connectivity index (χ0n) is 4.87. The summed E-state index contributed by atoms with van der Waals surface area (Å²) in [5, 5.41) is 7.61. The van der Waals surface area contributed by atoms with Crippen molar-refractivity contribution in [3.8, 4) is 5.75 Å². The average Bonchev–Trinajstić information content (AvgIpc) is 2.33. The minimum Gasteiger partial charge on any atom is -0.491 e. The van der Waals surface area contributed by atoms with E-state index in [1.165, 1.54) is 0 Å². The highest BCUT2D eigenvalue weighted by molar-refractivity contribution is 5.27. The molecule has 3 nitrogen and oxygen atoms in total. The van der Waals surface area contributed by atoms with Crippen molar-refractivity contribution < 1.29 is 4.74 Å². The van der Waals surface area contributed by atoms with Crippen LogP contribution in [0.5, 0.6) is 5.75 Å². The van der Waals surface area contributed by atoms with Crippen LogP contribution in [0.1, 0.15) is 5.69 Å². The minimum atomic E-state index is 0.758. The van der Waals surface area contributed by atoms with Crippen molar-refractivity contribution in [1.29, 1.82) is 0 Å². The van der Waals surface area contributed by atoms with Gasteiger partial charge in [-0.3, -0.25) is 0 Å². The highest BCUT2D eigenvalue weighted by atomic mass is 16.5. The highest BCUT2D eigenvalue weighted by Gasteiger charge is 2.11. The van der Waals surface area contributed by atoms with Gasteiger partial charge in [0, 0.05) is 12.5 Å². The third-order valence-electron chi connectivity index (χ3n) is 1.35. The smallest absolute Gasteiger partial charge is 0.144 e. The van der Waals surface area contributed by atoms with Gasteiger partial charge in [-0.25, -0.2) is 0 Å². The number of rotatable bonds is 0. The number of hydrogen-bond acceptors (Lipinski definition) is 3. The van der Waals surface area contributed by atoms with Crippen molar-refractivity contribution in [1.82, 2.24) is 10.2 Å². The summed E-state index contributed by atoms with van der Waals surface area (Å²) in [4.78, 5) is 0. The normalized spacial score (nSPS) is 14.7. The standard InChI is InChI=1S/C6H6N2O/c1-3-7-8-5-2-4-9-6(1)5/h1,3H,2,4H2. The number of fused-ring (bicyclic) bond motifs is 1. The number of ether oxygens (including phenoxy) is 1. The summed E-state index contributed by atoms with van der Waals surface area (Å²) in [5.41, 5.74) is 0.984. The van der Waals surface area contributed by atoms with E-state index in [0.29, 0.717) is 0 Å². The van der Waals surface area contributed by atoms with Crippen LogP contribution in [0.15, 0.2) is 12.3 Å². The first-order chi connectivity index (χ1) is 4.47. The maximum atomic E-state index is 5.20. The summed E-state index contributed by atoms with van der Waals surface area (Å²) >= 11 is 0. The number of nitrogens with zero attached hydrogens (tertiary/aromatic N) is 2. The molecule has 0 spiro atoms. The minimum absolute atomic E-state index is 0.758. The fourth-order valence-electron chi connectivity index (χ4n) is 0.912. The van der Waals surface area contributed by atoms with Crippen LogP contribution in [0.25, 0.3) is 0 Å². The number of hydrogen-bond donors (Lipinski definition) is 0. The third kappa shape index (κ3) is 0.650. The Balaban J connectivity index is 2.54. The van der Waals surface area contributed by atoms with Gasteiger partial charge in [-0.05, 0) is 0 Å². The van der Waals surface area contributed by atoms with Crippen LogP contribution in [0.3, 0.4) is 0 Å². The van der Waals surface area contributed by atoms with E-state index in [1.54, 1.807) is 6.20 Å². The molecular weight excluding hydrogens is 116 g/mol. The molecule has 0 radical (unpaired) electrons. The summed E-state index contributed by atoms with van der Waals surface area (Å²) in [6, 6.07) is 1.84. The molecule has 0 aromatic carbocycles. The lowest BCUT2D eigenvalue weighted by atomic mass is 10.3. The van der Waals surface area contributed by atoms with Crippen molar-refractivity contribution in [3.63, 3.8) is 0 Å². The fraction of sp³-hybridized carbons (Fsp3) is 0.333. The molecule has 46 valence electrons. The summed E-state index contributed by atoms with van der Waals surface area (Å²) < 4.78 is 5.20. The molecule has 0 amide bonds. The zero-order valence-corrected chi connectivity index (χ0v) is 4.87. The SMILES string of the molecule is c1cc2c(nn1)CCO2. The zero-order chi connectivity index (χ0) is 6.10. The molecule has 1 aliphatic heterocycles. The van der Waals surface area contributed by atoms with E-state index in [9.17, 15) is 0 Å². The van der Waals surface area contributed by atoms with Gasteiger partial charge in [0.1, 0.15) is 11.4 Å². The fourth-order valence-corrected chi connectivity index (χ4v) is 0.912. The Morgan fingerprint density at radius 3 is 3.44 bits per heavy atom. The molecule has 3 heteroatoms. The van der Waals surface area contributed by atoms with Crippen LogP contribution in [-0.4, -0.2) is 16.8 Å². The van der Waals surface area contributed by atoms with Crippen LogP contribution in [-0.2, 0) is 6.42 Å². The van der Waals surface area contributed by atoms with E-state index in [2.05, 4.69) is 10.2 Å². The molecule has 9 heavy (non-hydrogen) atoms. The lowest BCUT2D eigenvalue weighted by Gasteiger charge is -1.91. The summed E-state index contributed by atoms with van der Waals surface area (Å²) in [6.07, 6.45) is 2.55. The molecule has 0 atom stereocenters. The quantitative estimate of drug-likeness (QED) is 0.500. The van der Waals surface area contributed by atoms with Crippen molar-refractivity contribution in [2.75, 3.05) is 6.61 Å². The van der Waals surface area contributed by atoms with Crippen molar-refractivity contribution in [2.45, 2.75) is 6.42 Å². The predicted octanol–water partition coefficient (Wildman–Crippen LogP) is 0.411. The molecule has 0 fully saturated rings. The molecule has 1 aliphatic rings. The second-order valence-electron chi connectivity index (χ2n) is 1.94. The lowest BCUT2D eigenvalue weighted by molar-refractivity contribution is 0.356. The Morgan fingerprint density at radius 1 is 1.56 bits per heavy atom. The Morgan fingerprint density at radius 2 is 2.56 bits per heavy atom. The van der Waals surface area contributed by atoms with E-state index in [-0.39, 0.29) is 0 Å². The van der Waals surface area contributed by atoms with Gasteiger partial charge in [-0.1, -0.05) is 0 Å². The molecule has 2 heterocycles. The summed E-state index contributed by atoms with van der Waals surface area (Å²) in [5.74, 6) is 0.894. The second-order valence-corrected chi connectivity index (χ2v) is 1.94. The van der Waals surface area contributed by atoms with Crippen LogP contribution >= 0.6 is 0 Å². The average molecular weight is 122 g/mol. The topological polar surface area (TPSA) is 35.0 Å². The lowest BCUT2D eigenvalue weighted by Crippen LogP contribution is -1.86. The molecule has 0 aliphatic carbocycles. The molecule has 1 aromatic heterocycles. The van der Waals surface area contributed by atoms with E-state index in [4.69, 9.17) is 4.74 Å². The van der Waals surface area contributed by atoms with Crippen LogP contribution in [0, 0.1) is 0 Å². The van der Waals surface area contributed by atoms with Gasteiger partial charge in [-0.2, -0.15) is 10.2 Å². The Labute approximate surface area is 52.7 Å². The Kier molecular flexibility index (Phi) is 0.886. The molecular formula is C6H6N2O. The van der Waals surface area contributed by atoms with Crippen LogP contribution < -0.4 is 4.74 Å². The third-order valence-corrected chi connectivity index (χ3v) is 1.35. The first kappa shape index (κ1) is 4.73. The van der Waals surface area contributed by atoms with E-state index < -0.39 is 0 Å². The van der Waals surface area contributed by atoms with Gasteiger partial charge < -0.3 is 4.74 Å². The van der Waals surface area contributed by atoms with Crippen LogP contribution in [0.2, 0.25) is 0 Å². The second kappa shape index (κ2) is 1.69. The monoisotopic (exact) mass is 122 g/mol. The maximum absolute atomic E-state index is 5.20. The van der Waals surface area contributed by atoms with E-state index in [0.717, 1.165) is 24.5 Å². The number of aromatic nitrogens is 2. The van der Waals surface area contributed by atoms with E-state index in [1.807, 2.05) is 6.07 Å². The van der Waals surface area contributed by atoms with Gasteiger partial charge >= 0.3 is 0 Å². The van der Waals surface area contributed by atoms with Crippen molar-refractivity contribution >= 4 is 0 Å². The predicted molar refractivity (Wildman–Crippen MR) is 31.2 cm³/mol. The van der Waals surface area contributed by atoms with Crippen molar-refractivity contribution in [2.24, 2.45) is 0 Å². The molecule has 0 N–H and O–H groups in total. The van der Waals surface area contributed by atoms with Gasteiger partial charge in [0.05, 0.1) is 12.8 Å². The molecule has 0 saturated carbocycles. The Hall–Kier alpha value is -1.12. The molecule has 0 saturated heterocycles. The van der Waals surface area contributed by atoms with Gasteiger partial charge in [-0.15, -0.1) is 0 Å². The van der Waals surface area contributed by atoms with Gasteiger partial charge in [0.15, 0.2) is 0 Å². The van der Waals surface area contributed by atoms with E-state index >= 15 is 0 Å². The largest absolute Gasteiger partial charge is 0.491 e. The summed E-state index contributed by atoms with van der Waals surface area (Å²) in [6.45, 7) is 0.758. The van der Waals surface area contributed by atoms with Crippen LogP contribution in [0.4, 0.5) is 0 Å². The van der Waals surface area contributed by atoms with Crippen molar-refractivity contribution in [3.05, 3.63) is 18.0 Å². The Bertz CT molecular complexity index is 201. The van der Waals surface area contributed by atoms with Gasteiger partial charge in [0.25, 0.3) is 0 Å².